The molecule has 0 aromatic heterocycles. The van der Waals surface area contributed by atoms with Gasteiger partial charge >= 0.3 is 5.97 Å². The van der Waals surface area contributed by atoms with E-state index in [0.717, 1.165) is 38.6 Å². The lowest BCUT2D eigenvalue weighted by atomic mass is 9.99. The number of hydrogen-bond acceptors (Lipinski definition) is 4. The molecule has 0 amide bonds. The Hall–Kier alpha value is -0.320. The SMILES string of the molecule is CCN(CCC(=O)OC)CC1CCCNC1.Cl. The molecule has 1 aliphatic rings. The predicted molar refractivity (Wildman–Crippen MR) is 71.6 cm³/mol. The van der Waals surface area contributed by atoms with Crippen molar-refractivity contribution in [1.29, 1.82) is 0 Å². The zero-order valence-corrected chi connectivity index (χ0v) is 11.7. The second kappa shape index (κ2) is 9.68. The molecule has 1 rings (SSSR count). The molecular weight excluding hydrogens is 240 g/mol. The van der Waals surface area contributed by atoms with Gasteiger partial charge in [0.2, 0.25) is 0 Å². The molecule has 0 spiro atoms. The molecule has 1 unspecified atom stereocenters. The Morgan fingerprint density at radius 2 is 2.29 bits per heavy atom. The van der Waals surface area contributed by atoms with Crippen molar-refractivity contribution in [2.45, 2.75) is 26.2 Å². The Morgan fingerprint density at radius 3 is 2.82 bits per heavy atom. The van der Waals surface area contributed by atoms with E-state index in [9.17, 15) is 4.79 Å². The molecule has 1 fully saturated rings. The summed E-state index contributed by atoms with van der Waals surface area (Å²) in [4.78, 5) is 13.4. The fourth-order valence-electron chi connectivity index (χ4n) is 2.17. The summed E-state index contributed by atoms with van der Waals surface area (Å²) >= 11 is 0. The van der Waals surface area contributed by atoms with E-state index >= 15 is 0 Å². The lowest BCUT2D eigenvalue weighted by Gasteiger charge is -2.29. The number of nitrogens with one attached hydrogen (secondary N) is 1. The normalized spacial score (nSPS) is 19.8. The van der Waals surface area contributed by atoms with E-state index in [4.69, 9.17) is 0 Å². The summed E-state index contributed by atoms with van der Waals surface area (Å²) in [5.41, 5.74) is 0. The van der Waals surface area contributed by atoms with Crippen LogP contribution in [0.2, 0.25) is 0 Å². The van der Waals surface area contributed by atoms with Gasteiger partial charge in [0.15, 0.2) is 0 Å². The number of carbonyl (C=O) groups is 1. The summed E-state index contributed by atoms with van der Waals surface area (Å²) in [6.07, 6.45) is 3.09. The monoisotopic (exact) mass is 264 g/mol. The average Bonchev–Trinajstić information content (AvgIpc) is 2.35. The van der Waals surface area contributed by atoms with Crippen molar-refractivity contribution in [1.82, 2.24) is 10.2 Å². The van der Waals surface area contributed by atoms with E-state index in [0.29, 0.717) is 6.42 Å². The number of piperidine rings is 1. The molecule has 1 atom stereocenters. The number of esters is 1. The Kier molecular flexibility index (Phi) is 9.50. The maximum Gasteiger partial charge on any atom is 0.306 e. The van der Waals surface area contributed by atoms with Gasteiger partial charge in [0.25, 0.3) is 0 Å². The highest BCUT2D eigenvalue weighted by Gasteiger charge is 2.16. The quantitative estimate of drug-likeness (QED) is 0.734. The van der Waals surface area contributed by atoms with Gasteiger partial charge in [-0.05, 0) is 38.4 Å². The zero-order chi connectivity index (χ0) is 11.8. The summed E-state index contributed by atoms with van der Waals surface area (Å²) in [6.45, 7) is 7.35. The number of ether oxygens (including phenoxy) is 1. The smallest absolute Gasteiger partial charge is 0.306 e. The Bertz CT molecular complexity index is 209. The van der Waals surface area contributed by atoms with Gasteiger partial charge in [-0.1, -0.05) is 6.92 Å². The van der Waals surface area contributed by atoms with Crippen LogP contribution in [0.3, 0.4) is 0 Å². The fourth-order valence-corrected chi connectivity index (χ4v) is 2.17. The fraction of sp³-hybridized carbons (Fsp3) is 0.917. The molecule has 1 heterocycles. The Balaban J connectivity index is 0.00000256. The van der Waals surface area contributed by atoms with Crippen LogP contribution in [-0.2, 0) is 9.53 Å². The summed E-state index contributed by atoms with van der Waals surface area (Å²) in [5, 5.41) is 3.42. The molecular formula is C12H25ClN2O2. The molecule has 17 heavy (non-hydrogen) atoms. The molecule has 1 saturated heterocycles. The molecule has 1 aliphatic heterocycles. The van der Waals surface area contributed by atoms with Crippen molar-refractivity contribution in [3.63, 3.8) is 0 Å². The maximum atomic E-state index is 11.1. The standard InChI is InChI=1S/C12H24N2O2.ClH/c1-3-14(8-6-12(15)16-2)10-11-5-4-7-13-9-11;/h11,13H,3-10H2,1-2H3;1H. The Morgan fingerprint density at radius 1 is 1.53 bits per heavy atom. The lowest BCUT2D eigenvalue weighted by molar-refractivity contribution is -0.141. The molecule has 102 valence electrons. The minimum absolute atomic E-state index is 0. The second-order valence-electron chi connectivity index (χ2n) is 4.43. The molecule has 0 radical (unpaired) electrons. The summed E-state index contributed by atoms with van der Waals surface area (Å²) in [5.74, 6) is 0.631. The van der Waals surface area contributed by atoms with Crippen LogP contribution in [-0.4, -0.2) is 50.7 Å². The predicted octanol–water partition coefficient (Wildman–Crippen LogP) is 1.29. The van der Waals surface area contributed by atoms with E-state index in [1.165, 1.54) is 20.0 Å². The minimum atomic E-state index is -0.111. The third-order valence-electron chi connectivity index (χ3n) is 3.22. The summed E-state index contributed by atoms with van der Waals surface area (Å²) < 4.78 is 4.66. The topological polar surface area (TPSA) is 41.6 Å². The number of methoxy groups -OCH3 is 1. The second-order valence-corrected chi connectivity index (χ2v) is 4.43. The first kappa shape index (κ1) is 16.7. The van der Waals surface area contributed by atoms with Gasteiger partial charge in [0, 0.05) is 13.1 Å². The van der Waals surface area contributed by atoms with Crippen LogP contribution < -0.4 is 5.32 Å². The van der Waals surface area contributed by atoms with Gasteiger partial charge in [-0.15, -0.1) is 12.4 Å². The maximum absolute atomic E-state index is 11.1. The molecule has 0 saturated carbocycles. The summed E-state index contributed by atoms with van der Waals surface area (Å²) in [6, 6.07) is 0. The van der Waals surface area contributed by atoms with Crippen molar-refractivity contribution in [2.75, 3.05) is 39.8 Å². The molecule has 0 aromatic carbocycles. The number of carbonyl (C=O) groups excluding carboxylic acids is 1. The molecule has 1 N–H and O–H groups in total. The molecule has 4 nitrogen and oxygen atoms in total. The van der Waals surface area contributed by atoms with Gasteiger partial charge in [0.05, 0.1) is 13.5 Å². The summed E-state index contributed by atoms with van der Waals surface area (Å²) in [7, 11) is 1.45. The highest BCUT2D eigenvalue weighted by molar-refractivity contribution is 5.85. The molecule has 0 aromatic rings. The van der Waals surface area contributed by atoms with Gasteiger partial charge in [-0.2, -0.15) is 0 Å². The third-order valence-corrected chi connectivity index (χ3v) is 3.22. The highest BCUT2D eigenvalue weighted by atomic mass is 35.5. The van der Waals surface area contributed by atoms with E-state index < -0.39 is 0 Å². The minimum Gasteiger partial charge on any atom is -0.469 e. The van der Waals surface area contributed by atoms with Gasteiger partial charge in [0.1, 0.15) is 0 Å². The molecule has 0 bridgehead atoms. The van der Waals surface area contributed by atoms with E-state index in [-0.39, 0.29) is 18.4 Å². The first-order valence-electron chi connectivity index (χ1n) is 6.26. The lowest BCUT2D eigenvalue weighted by Crippen LogP contribution is -2.39. The zero-order valence-electron chi connectivity index (χ0n) is 10.9. The van der Waals surface area contributed by atoms with Crippen molar-refractivity contribution >= 4 is 18.4 Å². The number of halogens is 1. The van der Waals surface area contributed by atoms with E-state index in [2.05, 4.69) is 21.9 Å². The number of hydrogen-bond donors (Lipinski definition) is 1. The molecule has 5 heteroatoms. The van der Waals surface area contributed by atoms with Crippen LogP contribution in [0.5, 0.6) is 0 Å². The molecule has 0 aliphatic carbocycles. The first-order valence-corrected chi connectivity index (χ1v) is 6.26. The first-order chi connectivity index (χ1) is 7.76. The van der Waals surface area contributed by atoms with Crippen LogP contribution in [0.25, 0.3) is 0 Å². The van der Waals surface area contributed by atoms with Crippen molar-refractivity contribution in [2.24, 2.45) is 5.92 Å². The number of rotatable bonds is 6. The van der Waals surface area contributed by atoms with Crippen LogP contribution in [0.15, 0.2) is 0 Å². The third kappa shape index (κ3) is 6.86. The van der Waals surface area contributed by atoms with Crippen LogP contribution >= 0.6 is 12.4 Å². The van der Waals surface area contributed by atoms with E-state index in [1.807, 2.05) is 0 Å². The van der Waals surface area contributed by atoms with Gasteiger partial charge in [-0.3, -0.25) is 4.79 Å². The van der Waals surface area contributed by atoms with Gasteiger partial charge in [-0.25, -0.2) is 0 Å². The van der Waals surface area contributed by atoms with Gasteiger partial charge < -0.3 is 15.0 Å². The van der Waals surface area contributed by atoms with Crippen molar-refractivity contribution < 1.29 is 9.53 Å². The average molecular weight is 265 g/mol. The van der Waals surface area contributed by atoms with Crippen molar-refractivity contribution in [3.05, 3.63) is 0 Å². The van der Waals surface area contributed by atoms with Crippen LogP contribution in [0, 0.1) is 5.92 Å². The van der Waals surface area contributed by atoms with Crippen LogP contribution in [0.1, 0.15) is 26.2 Å². The van der Waals surface area contributed by atoms with Crippen molar-refractivity contribution in [3.8, 4) is 0 Å². The largest absolute Gasteiger partial charge is 0.469 e. The number of nitrogens with zero attached hydrogens (tertiary/aromatic N) is 1. The van der Waals surface area contributed by atoms with Crippen LogP contribution in [0.4, 0.5) is 0 Å². The highest BCUT2D eigenvalue weighted by Crippen LogP contribution is 2.11. The Labute approximate surface area is 110 Å². The van der Waals surface area contributed by atoms with E-state index in [1.54, 1.807) is 0 Å².